The van der Waals surface area contributed by atoms with Crippen LogP contribution in [-0.2, 0) is 12.1 Å². The Labute approximate surface area is 138 Å². The molecule has 1 aliphatic heterocycles. The van der Waals surface area contributed by atoms with E-state index >= 15 is 0 Å². The molecule has 0 atom stereocenters. The van der Waals surface area contributed by atoms with Crippen LogP contribution in [-0.4, -0.2) is 23.0 Å². The first-order valence-electron chi connectivity index (χ1n) is 7.91. The zero-order valence-corrected chi connectivity index (χ0v) is 13.3. The third-order valence-corrected chi connectivity index (χ3v) is 4.43. The van der Waals surface area contributed by atoms with Crippen molar-refractivity contribution in [2.75, 3.05) is 6.79 Å². The standard InChI is InChI=1S/C16H18N4O4/c1-10-18-14(20-24-10)16(6-3-7-16)19-15(21)17-8-11-4-2-5-12-13(11)23-9-22-12/h2,4-5H,3,6-9H2,1H3,(H2,17,19,21). The second-order valence-corrected chi connectivity index (χ2v) is 6.03. The summed E-state index contributed by atoms with van der Waals surface area (Å²) in [6.07, 6.45) is 2.62. The number of rotatable bonds is 4. The Morgan fingerprint density at radius 2 is 2.21 bits per heavy atom. The van der Waals surface area contributed by atoms with E-state index in [0.717, 1.165) is 24.8 Å². The molecular weight excluding hydrogens is 312 g/mol. The number of carbonyl (C=O) groups excluding carboxylic acids is 1. The lowest BCUT2D eigenvalue weighted by Gasteiger charge is -2.39. The second kappa shape index (κ2) is 5.70. The lowest BCUT2D eigenvalue weighted by Crippen LogP contribution is -2.54. The molecule has 0 spiro atoms. The third-order valence-electron chi connectivity index (χ3n) is 4.43. The summed E-state index contributed by atoms with van der Waals surface area (Å²) in [5.41, 5.74) is 0.346. The summed E-state index contributed by atoms with van der Waals surface area (Å²) in [6, 6.07) is 5.34. The van der Waals surface area contributed by atoms with Gasteiger partial charge in [0.15, 0.2) is 17.3 Å². The molecule has 4 rings (SSSR count). The average molecular weight is 330 g/mol. The highest BCUT2D eigenvalue weighted by atomic mass is 16.7. The molecule has 1 saturated carbocycles. The number of aromatic nitrogens is 2. The smallest absolute Gasteiger partial charge is 0.315 e. The molecule has 8 heteroatoms. The van der Waals surface area contributed by atoms with Crippen LogP contribution in [0.2, 0.25) is 0 Å². The molecule has 2 heterocycles. The van der Waals surface area contributed by atoms with Crippen molar-refractivity contribution < 1.29 is 18.8 Å². The maximum Gasteiger partial charge on any atom is 0.315 e. The number of aryl methyl sites for hydroxylation is 1. The van der Waals surface area contributed by atoms with Crippen molar-refractivity contribution in [3.63, 3.8) is 0 Å². The summed E-state index contributed by atoms with van der Waals surface area (Å²) in [6.45, 7) is 2.29. The number of ether oxygens (including phenoxy) is 2. The summed E-state index contributed by atoms with van der Waals surface area (Å²) in [5.74, 6) is 2.42. The van der Waals surface area contributed by atoms with Crippen LogP contribution in [0.5, 0.6) is 11.5 Å². The molecule has 8 nitrogen and oxygen atoms in total. The minimum Gasteiger partial charge on any atom is -0.454 e. The van der Waals surface area contributed by atoms with Crippen molar-refractivity contribution in [2.24, 2.45) is 0 Å². The van der Waals surface area contributed by atoms with E-state index in [1.165, 1.54) is 0 Å². The normalized spacial score (nSPS) is 17.2. The Bertz CT molecular complexity index is 769. The fourth-order valence-corrected chi connectivity index (χ4v) is 3.00. The molecule has 1 fully saturated rings. The quantitative estimate of drug-likeness (QED) is 0.889. The highest BCUT2D eigenvalue weighted by Crippen LogP contribution is 2.39. The van der Waals surface area contributed by atoms with Crippen LogP contribution < -0.4 is 20.1 Å². The number of urea groups is 1. The predicted octanol–water partition coefficient (Wildman–Crippen LogP) is 1.99. The fraction of sp³-hybridized carbons (Fsp3) is 0.438. The first-order chi connectivity index (χ1) is 11.7. The van der Waals surface area contributed by atoms with Gasteiger partial charge in [-0.05, 0) is 25.3 Å². The van der Waals surface area contributed by atoms with E-state index in [2.05, 4.69) is 20.8 Å². The Hall–Kier alpha value is -2.77. The number of nitrogens with zero attached hydrogens (tertiary/aromatic N) is 2. The molecule has 0 radical (unpaired) electrons. The number of benzene rings is 1. The van der Waals surface area contributed by atoms with Crippen LogP contribution in [0.15, 0.2) is 22.7 Å². The van der Waals surface area contributed by atoms with Crippen molar-refractivity contribution in [3.05, 3.63) is 35.5 Å². The second-order valence-electron chi connectivity index (χ2n) is 6.03. The van der Waals surface area contributed by atoms with Gasteiger partial charge in [0, 0.05) is 19.0 Å². The number of nitrogens with one attached hydrogen (secondary N) is 2. The van der Waals surface area contributed by atoms with E-state index in [-0.39, 0.29) is 12.8 Å². The number of fused-ring (bicyclic) bond motifs is 1. The van der Waals surface area contributed by atoms with Crippen molar-refractivity contribution in [1.29, 1.82) is 0 Å². The average Bonchev–Trinajstić information content (AvgIpc) is 3.17. The highest BCUT2D eigenvalue weighted by molar-refractivity contribution is 5.75. The van der Waals surface area contributed by atoms with Crippen LogP contribution in [0.25, 0.3) is 0 Å². The van der Waals surface area contributed by atoms with Gasteiger partial charge in [-0.25, -0.2) is 4.79 Å². The Morgan fingerprint density at radius 1 is 1.33 bits per heavy atom. The van der Waals surface area contributed by atoms with E-state index in [1.54, 1.807) is 6.92 Å². The minimum absolute atomic E-state index is 0.207. The summed E-state index contributed by atoms with van der Waals surface area (Å²) in [7, 11) is 0. The van der Waals surface area contributed by atoms with Gasteiger partial charge in [0.2, 0.25) is 12.7 Å². The molecule has 1 aromatic heterocycles. The molecule has 2 aliphatic rings. The number of hydrogen-bond donors (Lipinski definition) is 2. The van der Waals surface area contributed by atoms with Gasteiger partial charge in [-0.15, -0.1) is 0 Å². The van der Waals surface area contributed by atoms with E-state index in [4.69, 9.17) is 14.0 Å². The number of hydrogen-bond acceptors (Lipinski definition) is 6. The van der Waals surface area contributed by atoms with Crippen molar-refractivity contribution >= 4 is 6.03 Å². The lowest BCUT2D eigenvalue weighted by atomic mass is 9.76. The van der Waals surface area contributed by atoms with Gasteiger partial charge < -0.3 is 24.6 Å². The van der Waals surface area contributed by atoms with Crippen LogP contribution in [0.3, 0.4) is 0 Å². The Balaban J connectivity index is 1.41. The summed E-state index contributed by atoms with van der Waals surface area (Å²) >= 11 is 0. The molecular formula is C16H18N4O4. The predicted molar refractivity (Wildman–Crippen MR) is 82.5 cm³/mol. The number of para-hydroxylation sites is 1. The highest BCUT2D eigenvalue weighted by Gasteiger charge is 2.44. The Morgan fingerprint density at radius 3 is 2.92 bits per heavy atom. The topological polar surface area (TPSA) is 98.5 Å². The van der Waals surface area contributed by atoms with Gasteiger partial charge in [0.05, 0.1) is 0 Å². The molecule has 2 amide bonds. The lowest BCUT2D eigenvalue weighted by molar-refractivity contribution is 0.164. The van der Waals surface area contributed by atoms with Gasteiger partial charge in [0.1, 0.15) is 5.54 Å². The van der Waals surface area contributed by atoms with Crippen molar-refractivity contribution in [2.45, 2.75) is 38.3 Å². The molecule has 126 valence electrons. The van der Waals surface area contributed by atoms with E-state index in [9.17, 15) is 4.79 Å². The molecule has 1 aliphatic carbocycles. The first kappa shape index (κ1) is 14.8. The van der Waals surface area contributed by atoms with Gasteiger partial charge in [0.25, 0.3) is 0 Å². The third kappa shape index (κ3) is 2.53. The minimum atomic E-state index is -0.528. The van der Waals surface area contributed by atoms with Gasteiger partial charge >= 0.3 is 6.03 Å². The molecule has 2 aromatic rings. The largest absolute Gasteiger partial charge is 0.454 e. The number of amides is 2. The molecule has 0 unspecified atom stereocenters. The maximum atomic E-state index is 12.3. The fourth-order valence-electron chi connectivity index (χ4n) is 3.00. The van der Waals surface area contributed by atoms with Gasteiger partial charge in [-0.3, -0.25) is 0 Å². The molecule has 0 bridgehead atoms. The molecule has 2 N–H and O–H groups in total. The van der Waals surface area contributed by atoms with E-state index in [0.29, 0.717) is 29.8 Å². The zero-order valence-electron chi connectivity index (χ0n) is 13.3. The number of carbonyl (C=O) groups is 1. The maximum absolute atomic E-state index is 12.3. The van der Waals surface area contributed by atoms with Crippen LogP contribution in [0.1, 0.15) is 36.5 Å². The summed E-state index contributed by atoms with van der Waals surface area (Å²) in [4.78, 5) is 16.6. The SMILES string of the molecule is Cc1nc(C2(NC(=O)NCc3cccc4c3OCO4)CCC2)no1. The molecule has 0 saturated heterocycles. The summed E-state index contributed by atoms with van der Waals surface area (Å²) < 4.78 is 15.8. The van der Waals surface area contributed by atoms with Crippen LogP contribution in [0.4, 0.5) is 4.79 Å². The van der Waals surface area contributed by atoms with Crippen molar-refractivity contribution in [1.82, 2.24) is 20.8 Å². The van der Waals surface area contributed by atoms with Gasteiger partial charge in [-0.2, -0.15) is 4.98 Å². The summed E-state index contributed by atoms with van der Waals surface area (Å²) in [5, 5.41) is 9.81. The van der Waals surface area contributed by atoms with Crippen molar-refractivity contribution in [3.8, 4) is 11.5 Å². The monoisotopic (exact) mass is 330 g/mol. The van der Waals surface area contributed by atoms with E-state index < -0.39 is 5.54 Å². The first-order valence-corrected chi connectivity index (χ1v) is 7.91. The molecule has 24 heavy (non-hydrogen) atoms. The van der Waals surface area contributed by atoms with Crippen LogP contribution >= 0.6 is 0 Å². The van der Waals surface area contributed by atoms with Crippen LogP contribution in [0, 0.1) is 6.92 Å². The zero-order chi connectivity index (χ0) is 16.6. The molecule has 1 aromatic carbocycles. The Kier molecular flexibility index (Phi) is 3.51. The van der Waals surface area contributed by atoms with E-state index in [1.807, 2.05) is 18.2 Å². The van der Waals surface area contributed by atoms with Gasteiger partial charge in [-0.1, -0.05) is 17.3 Å².